The maximum atomic E-state index is 11.9. The zero-order valence-corrected chi connectivity index (χ0v) is 10.4. The number of nitrogen functional groups attached to an aromatic ring is 1. The second-order valence-corrected chi connectivity index (χ2v) is 5.39. The van der Waals surface area contributed by atoms with Gasteiger partial charge in [-0.3, -0.25) is 0 Å². The first kappa shape index (κ1) is 12.5. The number of hydrogen-bond donors (Lipinski definition) is 2. The van der Waals surface area contributed by atoms with Crippen LogP contribution in [-0.4, -0.2) is 18.6 Å². The Morgan fingerprint density at radius 2 is 2.22 bits per heavy atom. The second-order valence-electron chi connectivity index (χ2n) is 3.63. The zero-order chi connectivity index (χ0) is 13.2. The van der Waals surface area contributed by atoms with Crippen molar-refractivity contribution >= 4 is 15.7 Å². The maximum absolute atomic E-state index is 11.9. The maximum Gasteiger partial charge on any atom is 0.241 e. The lowest BCUT2D eigenvalue weighted by Crippen LogP contribution is -2.23. The molecular formula is C10H12N4O3S. The van der Waals surface area contributed by atoms with Gasteiger partial charge in [-0.05, 0) is 18.2 Å². The summed E-state index contributed by atoms with van der Waals surface area (Å²) >= 11 is 0. The fourth-order valence-electron chi connectivity index (χ4n) is 1.34. The van der Waals surface area contributed by atoms with E-state index >= 15 is 0 Å². The van der Waals surface area contributed by atoms with Crippen LogP contribution in [0, 0.1) is 6.92 Å². The number of nitrogens with two attached hydrogens (primary N) is 1. The molecule has 0 fully saturated rings. The molecule has 0 amide bonds. The molecule has 0 aliphatic rings. The van der Waals surface area contributed by atoms with Crippen LogP contribution in [0.5, 0.6) is 0 Å². The molecule has 1 aromatic carbocycles. The number of anilines is 1. The van der Waals surface area contributed by atoms with Crippen molar-refractivity contribution in [2.75, 3.05) is 5.73 Å². The van der Waals surface area contributed by atoms with Gasteiger partial charge >= 0.3 is 0 Å². The molecule has 1 heterocycles. The van der Waals surface area contributed by atoms with Gasteiger partial charge in [0.2, 0.25) is 15.9 Å². The van der Waals surface area contributed by atoms with Crippen molar-refractivity contribution in [2.45, 2.75) is 18.4 Å². The summed E-state index contributed by atoms with van der Waals surface area (Å²) in [5.74, 6) is 0.660. The van der Waals surface area contributed by atoms with Crippen molar-refractivity contribution in [3.63, 3.8) is 0 Å². The minimum Gasteiger partial charge on any atom is -0.399 e. The Hall–Kier alpha value is -1.93. The summed E-state index contributed by atoms with van der Waals surface area (Å²) in [5.41, 5.74) is 5.92. The summed E-state index contributed by atoms with van der Waals surface area (Å²) in [7, 11) is -3.62. The van der Waals surface area contributed by atoms with Crippen LogP contribution in [0.3, 0.4) is 0 Å². The SMILES string of the molecule is Cc1nc(CNS(=O)(=O)c2cccc(N)c2)no1. The Morgan fingerprint density at radius 3 is 2.83 bits per heavy atom. The summed E-state index contributed by atoms with van der Waals surface area (Å²) in [6.07, 6.45) is 0. The molecule has 7 nitrogen and oxygen atoms in total. The van der Waals surface area contributed by atoms with E-state index in [-0.39, 0.29) is 17.3 Å². The molecule has 0 spiro atoms. The number of aryl methyl sites for hydroxylation is 1. The predicted octanol–water partition coefficient (Wildman–Crippen LogP) is 0.439. The highest BCUT2D eigenvalue weighted by Crippen LogP contribution is 2.12. The van der Waals surface area contributed by atoms with Crippen molar-refractivity contribution in [1.29, 1.82) is 0 Å². The third-order valence-electron chi connectivity index (χ3n) is 2.16. The normalized spacial score (nSPS) is 11.6. The van der Waals surface area contributed by atoms with Gasteiger partial charge in [0.1, 0.15) is 0 Å². The monoisotopic (exact) mass is 268 g/mol. The molecule has 0 bridgehead atoms. The smallest absolute Gasteiger partial charge is 0.241 e. The molecule has 0 saturated carbocycles. The van der Waals surface area contributed by atoms with E-state index in [4.69, 9.17) is 10.3 Å². The van der Waals surface area contributed by atoms with E-state index in [0.29, 0.717) is 11.6 Å². The van der Waals surface area contributed by atoms with Gasteiger partial charge in [-0.2, -0.15) is 4.98 Å². The molecule has 2 aromatic rings. The van der Waals surface area contributed by atoms with Crippen LogP contribution in [0.2, 0.25) is 0 Å². The minimum atomic E-state index is -3.62. The highest BCUT2D eigenvalue weighted by Gasteiger charge is 2.15. The van der Waals surface area contributed by atoms with Crippen molar-refractivity contribution in [3.8, 4) is 0 Å². The largest absolute Gasteiger partial charge is 0.399 e. The Morgan fingerprint density at radius 1 is 1.44 bits per heavy atom. The van der Waals surface area contributed by atoms with Gasteiger partial charge in [0.05, 0.1) is 11.4 Å². The molecule has 2 rings (SSSR count). The van der Waals surface area contributed by atoms with E-state index < -0.39 is 10.0 Å². The van der Waals surface area contributed by atoms with Gasteiger partial charge < -0.3 is 10.3 Å². The highest BCUT2D eigenvalue weighted by molar-refractivity contribution is 7.89. The first-order valence-electron chi connectivity index (χ1n) is 5.12. The van der Waals surface area contributed by atoms with E-state index in [2.05, 4.69) is 14.9 Å². The number of rotatable bonds is 4. The van der Waals surface area contributed by atoms with Crippen LogP contribution in [-0.2, 0) is 16.6 Å². The quantitative estimate of drug-likeness (QED) is 0.778. The molecule has 96 valence electrons. The van der Waals surface area contributed by atoms with Crippen molar-refractivity contribution < 1.29 is 12.9 Å². The topological polar surface area (TPSA) is 111 Å². The Kier molecular flexibility index (Phi) is 3.30. The number of benzene rings is 1. The first-order valence-corrected chi connectivity index (χ1v) is 6.60. The van der Waals surface area contributed by atoms with Crippen LogP contribution < -0.4 is 10.5 Å². The molecule has 0 unspecified atom stereocenters. The lowest BCUT2D eigenvalue weighted by atomic mass is 10.3. The van der Waals surface area contributed by atoms with Crippen molar-refractivity contribution in [1.82, 2.24) is 14.9 Å². The molecule has 0 atom stereocenters. The van der Waals surface area contributed by atoms with Crippen LogP contribution in [0.1, 0.15) is 11.7 Å². The molecule has 0 aliphatic heterocycles. The Bertz CT molecular complexity index is 651. The molecule has 1 aromatic heterocycles. The van der Waals surface area contributed by atoms with Crippen molar-refractivity contribution in [2.24, 2.45) is 0 Å². The summed E-state index contributed by atoms with van der Waals surface area (Å²) < 4.78 is 30.9. The predicted molar refractivity (Wildman–Crippen MR) is 63.9 cm³/mol. The van der Waals surface area contributed by atoms with Crippen LogP contribution >= 0.6 is 0 Å². The van der Waals surface area contributed by atoms with Crippen LogP contribution in [0.25, 0.3) is 0 Å². The number of hydrogen-bond acceptors (Lipinski definition) is 6. The average Bonchev–Trinajstić information content (AvgIpc) is 2.73. The van der Waals surface area contributed by atoms with Gasteiger partial charge in [0, 0.05) is 12.6 Å². The number of aromatic nitrogens is 2. The second kappa shape index (κ2) is 4.75. The standard InChI is InChI=1S/C10H12N4O3S/c1-7-13-10(14-17-7)6-12-18(15,16)9-4-2-3-8(11)5-9/h2-5,12H,6,11H2,1H3. The molecule has 8 heteroatoms. The van der Waals surface area contributed by atoms with E-state index in [0.717, 1.165) is 0 Å². The lowest BCUT2D eigenvalue weighted by Gasteiger charge is -2.05. The molecule has 18 heavy (non-hydrogen) atoms. The molecular weight excluding hydrogens is 256 g/mol. The average molecular weight is 268 g/mol. The van der Waals surface area contributed by atoms with E-state index in [9.17, 15) is 8.42 Å². The fraction of sp³-hybridized carbons (Fsp3) is 0.200. The molecule has 0 radical (unpaired) electrons. The van der Waals surface area contributed by atoms with Gasteiger partial charge in [-0.25, -0.2) is 13.1 Å². The van der Waals surface area contributed by atoms with Gasteiger partial charge in [0.25, 0.3) is 0 Å². The number of nitrogens with zero attached hydrogens (tertiary/aromatic N) is 2. The molecule has 3 N–H and O–H groups in total. The number of nitrogens with one attached hydrogen (secondary N) is 1. The Labute approximate surface area is 104 Å². The summed E-state index contributed by atoms with van der Waals surface area (Å²) in [6.45, 7) is 1.59. The summed E-state index contributed by atoms with van der Waals surface area (Å²) in [6, 6.07) is 6.02. The van der Waals surface area contributed by atoms with E-state index in [1.807, 2.05) is 0 Å². The molecule has 0 saturated heterocycles. The molecule has 0 aliphatic carbocycles. The third-order valence-corrected chi connectivity index (χ3v) is 3.56. The summed E-state index contributed by atoms with van der Waals surface area (Å²) in [5, 5.41) is 3.59. The van der Waals surface area contributed by atoms with Crippen LogP contribution in [0.15, 0.2) is 33.7 Å². The zero-order valence-electron chi connectivity index (χ0n) is 9.62. The summed E-state index contributed by atoms with van der Waals surface area (Å²) in [4.78, 5) is 4.00. The van der Waals surface area contributed by atoms with Gasteiger partial charge in [-0.15, -0.1) is 0 Å². The van der Waals surface area contributed by atoms with E-state index in [1.165, 1.54) is 12.1 Å². The minimum absolute atomic E-state index is 0.0333. The van der Waals surface area contributed by atoms with Gasteiger partial charge in [-0.1, -0.05) is 11.2 Å². The van der Waals surface area contributed by atoms with Gasteiger partial charge in [0.15, 0.2) is 5.82 Å². The highest BCUT2D eigenvalue weighted by atomic mass is 32.2. The third kappa shape index (κ3) is 2.84. The van der Waals surface area contributed by atoms with E-state index in [1.54, 1.807) is 19.1 Å². The fourth-order valence-corrected chi connectivity index (χ4v) is 2.37. The Balaban J connectivity index is 2.13. The number of sulfonamides is 1. The van der Waals surface area contributed by atoms with Crippen molar-refractivity contribution in [3.05, 3.63) is 36.0 Å². The van der Waals surface area contributed by atoms with Crippen LogP contribution in [0.4, 0.5) is 5.69 Å². The first-order chi connectivity index (χ1) is 8.47. The lowest BCUT2D eigenvalue weighted by molar-refractivity contribution is 0.387.